The molecular weight excluding hydrogens is 234 g/mol. The van der Waals surface area contributed by atoms with Crippen molar-refractivity contribution in [1.82, 2.24) is 10.2 Å². The zero-order valence-corrected chi connectivity index (χ0v) is 12.3. The summed E-state index contributed by atoms with van der Waals surface area (Å²) in [7, 11) is 0. The van der Waals surface area contributed by atoms with E-state index in [1.807, 2.05) is 0 Å². The van der Waals surface area contributed by atoms with Crippen LogP contribution in [0.15, 0.2) is 30.3 Å². The summed E-state index contributed by atoms with van der Waals surface area (Å²) in [6.45, 7) is 12.7. The maximum atomic E-state index is 3.41. The van der Waals surface area contributed by atoms with Crippen molar-refractivity contribution in [3.63, 3.8) is 0 Å². The fourth-order valence-electron chi connectivity index (χ4n) is 2.82. The van der Waals surface area contributed by atoms with E-state index in [-0.39, 0.29) is 0 Å². The van der Waals surface area contributed by atoms with Gasteiger partial charge in [0.05, 0.1) is 0 Å². The van der Waals surface area contributed by atoms with Crippen LogP contribution in [0, 0.1) is 5.92 Å². The lowest BCUT2D eigenvalue weighted by Crippen LogP contribution is -2.46. The standard InChI is InChI=1S/C16H27N3/c1-3-19(16-7-5-4-6-8-16)14-15(2)13-18-11-9-17-10-12-18/h4-8,15,17H,3,9-14H2,1-2H3. The van der Waals surface area contributed by atoms with Gasteiger partial charge in [0.2, 0.25) is 0 Å². The molecule has 1 atom stereocenters. The molecule has 0 aromatic heterocycles. The normalized spacial score (nSPS) is 18.2. The number of piperazine rings is 1. The van der Waals surface area contributed by atoms with Crippen molar-refractivity contribution in [2.45, 2.75) is 13.8 Å². The molecule has 0 aliphatic carbocycles. The molecular formula is C16H27N3. The summed E-state index contributed by atoms with van der Waals surface area (Å²) in [4.78, 5) is 5.06. The number of para-hydroxylation sites is 1. The molecule has 1 saturated heterocycles. The van der Waals surface area contributed by atoms with E-state index in [2.05, 4.69) is 59.3 Å². The van der Waals surface area contributed by atoms with Gasteiger partial charge in [0.15, 0.2) is 0 Å². The molecule has 1 aliphatic rings. The predicted molar refractivity (Wildman–Crippen MR) is 82.8 cm³/mol. The average Bonchev–Trinajstić information content (AvgIpc) is 2.47. The fourth-order valence-corrected chi connectivity index (χ4v) is 2.82. The number of benzene rings is 1. The first-order valence-corrected chi connectivity index (χ1v) is 7.52. The van der Waals surface area contributed by atoms with Crippen molar-refractivity contribution in [3.05, 3.63) is 30.3 Å². The number of hydrogen-bond donors (Lipinski definition) is 1. The highest BCUT2D eigenvalue weighted by molar-refractivity contribution is 5.45. The zero-order chi connectivity index (χ0) is 13.5. The topological polar surface area (TPSA) is 18.5 Å². The van der Waals surface area contributed by atoms with E-state index in [0.717, 1.165) is 26.2 Å². The molecule has 0 saturated carbocycles. The Bertz CT molecular complexity index is 346. The Morgan fingerprint density at radius 1 is 1.21 bits per heavy atom. The van der Waals surface area contributed by atoms with Crippen molar-refractivity contribution in [2.24, 2.45) is 5.92 Å². The molecule has 0 bridgehead atoms. The molecule has 1 aromatic rings. The number of nitrogens with zero attached hydrogens (tertiary/aromatic N) is 2. The first-order chi connectivity index (χ1) is 9.29. The minimum atomic E-state index is 0.707. The second-order valence-corrected chi connectivity index (χ2v) is 5.53. The third kappa shape index (κ3) is 4.51. The summed E-state index contributed by atoms with van der Waals surface area (Å²) < 4.78 is 0. The fraction of sp³-hybridized carbons (Fsp3) is 0.625. The van der Waals surface area contributed by atoms with E-state index in [1.54, 1.807) is 0 Å². The van der Waals surface area contributed by atoms with Gasteiger partial charge in [0, 0.05) is 51.5 Å². The Labute approximate surface area is 117 Å². The Morgan fingerprint density at radius 2 is 1.89 bits per heavy atom. The van der Waals surface area contributed by atoms with Crippen LogP contribution >= 0.6 is 0 Å². The summed E-state index contributed by atoms with van der Waals surface area (Å²) >= 11 is 0. The molecule has 2 rings (SSSR count). The second-order valence-electron chi connectivity index (χ2n) is 5.53. The summed E-state index contributed by atoms with van der Waals surface area (Å²) in [6, 6.07) is 10.8. The van der Waals surface area contributed by atoms with Crippen LogP contribution in [0.4, 0.5) is 5.69 Å². The maximum Gasteiger partial charge on any atom is 0.0366 e. The van der Waals surface area contributed by atoms with Crippen molar-refractivity contribution in [2.75, 3.05) is 50.7 Å². The molecule has 1 heterocycles. The zero-order valence-electron chi connectivity index (χ0n) is 12.3. The first kappa shape index (κ1) is 14.4. The lowest BCUT2D eigenvalue weighted by atomic mass is 10.1. The summed E-state index contributed by atoms with van der Waals surface area (Å²) in [5.41, 5.74) is 1.34. The molecule has 3 nitrogen and oxygen atoms in total. The van der Waals surface area contributed by atoms with Crippen molar-refractivity contribution in [3.8, 4) is 0 Å². The molecule has 1 fully saturated rings. The molecule has 1 aromatic carbocycles. The van der Waals surface area contributed by atoms with E-state index in [4.69, 9.17) is 0 Å². The Kier molecular flexibility index (Phi) is 5.67. The second kappa shape index (κ2) is 7.51. The van der Waals surface area contributed by atoms with E-state index in [9.17, 15) is 0 Å². The SMILES string of the molecule is CCN(CC(C)CN1CCNCC1)c1ccccc1. The van der Waals surface area contributed by atoms with Crippen molar-refractivity contribution < 1.29 is 0 Å². The van der Waals surface area contributed by atoms with Crippen LogP contribution in [0.1, 0.15) is 13.8 Å². The number of hydrogen-bond acceptors (Lipinski definition) is 3. The van der Waals surface area contributed by atoms with Gasteiger partial charge in [-0.15, -0.1) is 0 Å². The molecule has 0 amide bonds. The highest BCUT2D eigenvalue weighted by atomic mass is 15.2. The monoisotopic (exact) mass is 261 g/mol. The lowest BCUT2D eigenvalue weighted by Gasteiger charge is -2.32. The van der Waals surface area contributed by atoms with Crippen LogP contribution in [0.5, 0.6) is 0 Å². The van der Waals surface area contributed by atoms with Gasteiger partial charge in [-0.1, -0.05) is 25.1 Å². The van der Waals surface area contributed by atoms with Crippen LogP contribution in [0.25, 0.3) is 0 Å². The van der Waals surface area contributed by atoms with Crippen LogP contribution in [-0.2, 0) is 0 Å². The quantitative estimate of drug-likeness (QED) is 0.845. The van der Waals surface area contributed by atoms with Gasteiger partial charge in [-0.25, -0.2) is 0 Å². The maximum absolute atomic E-state index is 3.41. The van der Waals surface area contributed by atoms with Gasteiger partial charge >= 0.3 is 0 Å². The van der Waals surface area contributed by atoms with Crippen LogP contribution in [-0.4, -0.2) is 50.7 Å². The number of nitrogens with one attached hydrogen (secondary N) is 1. The van der Waals surface area contributed by atoms with Crippen molar-refractivity contribution in [1.29, 1.82) is 0 Å². The third-order valence-electron chi connectivity index (χ3n) is 3.81. The van der Waals surface area contributed by atoms with Gasteiger partial charge in [-0.3, -0.25) is 0 Å². The summed E-state index contributed by atoms with van der Waals surface area (Å²) in [6.07, 6.45) is 0. The highest BCUT2D eigenvalue weighted by Crippen LogP contribution is 2.15. The molecule has 1 unspecified atom stereocenters. The Morgan fingerprint density at radius 3 is 2.53 bits per heavy atom. The van der Waals surface area contributed by atoms with Gasteiger partial charge in [-0.05, 0) is 25.0 Å². The molecule has 3 heteroatoms. The third-order valence-corrected chi connectivity index (χ3v) is 3.81. The van der Waals surface area contributed by atoms with E-state index < -0.39 is 0 Å². The summed E-state index contributed by atoms with van der Waals surface area (Å²) in [5.74, 6) is 0.707. The number of rotatable bonds is 6. The molecule has 1 aliphatic heterocycles. The predicted octanol–water partition coefficient (Wildman–Crippen LogP) is 2.05. The largest absolute Gasteiger partial charge is 0.371 e. The molecule has 0 radical (unpaired) electrons. The average molecular weight is 261 g/mol. The van der Waals surface area contributed by atoms with E-state index in [0.29, 0.717) is 5.92 Å². The van der Waals surface area contributed by atoms with Crippen LogP contribution < -0.4 is 10.2 Å². The highest BCUT2D eigenvalue weighted by Gasteiger charge is 2.15. The van der Waals surface area contributed by atoms with Crippen molar-refractivity contribution >= 4 is 5.69 Å². The smallest absolute Gasteiger partial charge is 0.0366 e. The van der Waals surface area contributed by atoms with Gasteiger partial charge < -0.3 is 15.1 Å². The van der Waals surface area contributed by atoms with E-state index >= 15 is 0 Å². The molecule has 1 N–H and O–H groups in total. The minimum absolute atomic E-state index is 0.707. The van der Waals surface area contributed by atoms with Crippen LogP contribution in [0.3, 0.4) is 0 Å². The Balaban J connectivity index is 1.84. The Hall–Kier alpha value is -1.06. The molecule has 106 valence electrons. The minimum Gasteiger partial charge on any atom is -0.371 e. The number of anilines is 1. The van der Waals surface area contributed by atoms with E-state index in [1.165, 1.54) is 25.3 Å². The molecule has 19 heavy (non-hydrogen) atoms. The van der Waals surface area contributed by atoms with Gasteiger partial charge in [0.25, 0.3) is 0 Å². The summed E-state index contributed by atoms with van der Waals surface area (Å²) in [5, 5.41) is 3.41. The lowest BCUT2D eigenvalue weighted by molar-refractivity contribution is 0.212. The van der Waals surface area contributed by atoms with Gasteiger partial charge in [0.1, 0.15) is 0 Å². The molecule has 0 spiro atoms. The first-order valence-electron chi connectivity index (χ1n) is 7.52. The van der Waals surface area contributed by atoms with Crippen LogP contribution in [0.2, 0.25) is 0 Å². The van der Waals surface area contributed by atoms with Gasteiger partial charge in [-0.2, -0.15) is 0 Å².